The minimum atomic E-state index is -0.123. The summed E-state index contributed by atoms with van der Waals surface area (Å²) in [7, 11) is 3.84. The van der Waals surface area contributed by atoms with E-state index in [0.29, 0.717) is 30.1 Å². The lowest BCUT2D eigenvalue weighted by atomic mass is 10.2. The number of benzene rings is 2. The van der Waals surface area contributed by atoms with Crippen LogP contribution in [0.1, 0.15) is 12.8 Å². The zero-order chi connectivity index (χ0) is 28.6. The van der Waals surface area contributed by atoms with Gasteiger partial charge >= 0.3 is 0 Å². The number of rotatable bonds is 4. The van der Waals surface area contributed by atoms with Crippen LogP contribution in [0.5, 0.6) is 11.5 Å². The van der Waals surface area contributed by atoms with Gasteiger partial charge in [-0.15, -0.1) is 0 Å². The number of nitrogens with zero attached hydrogens (tertiary/aromatic N) is 7. The minimum Gasteiger partial charge on any atom is -0.495 e. The molecule has 0 saturated carbocycles. The van der Waals surface area contributed by atoms with Crippen molar-refractivity contribution in [3.8, 4) is 17.2 Å². The minimum absolute atomic E-state index is 0.123. The Morgan fingerprint density at radius 3 is 2.67 bits per heavy atom. The van der Waals surface area contributed by atoms with Crippen LogP contribution < -0.4 is 30.1 Å². The topological polar surface area (TPSA) is 92.9 Å². The summed E-state index contributed by atoms with van der Waals surface area (Å²) >= 11 is 0. The molecule has 42 heavy (non-hydrogen) atoms. The SMILES string of the molecule is COc1cc(Nc2ncc3c(=O)n4n(c3n2)-c2ccc3c(c2)N(CCC/C=C\C4)CCO3)ccc1N1CCN(C)CC1. The van der Waals surface area contributed by atoms with Gasteiger partial charge in [0.15, 0.2) is 5.65 Å². The largest absolute Gasteiger partial charge is 0.495 e. The predicted octanol–water partition coefficient (Wildman–Crippen LogP) is 3.64. The maximum Gasteiger partial charge on any atom is 0.278 e. The molecule has 1 N–H and O–H groups in total. The highest BCUT2D eigenvalue weighted by Crippen LogP contribution is 2.35. The first-order chi connectivity index (χ1) is 20.6. The fraction of sp³-hybridized carbons (Fsp3) is 0.387. The van der Waals surface area contributed by atoms with Crippen molar-refractivity contribution < 1.29 is 9.47 Å². The van der Waals surface area contributed by atoms with Gasteiger partial charge in [0.05, 0.1) is 37.3 Å². The number of methoxy groups -OCH3 is 1. The molecule has 7 rings (SSSR count). The lowest BCUT2D eigenvalue weighted by Gasteiger charge is -2.34. The Morgan fingerprint density at radius 2 is 1.81 bits per heavy atom. The molecule has 0 unspecified atom stereocenters. The summed E-state index contributed by atoms with van der Waals surface area (Å²) in [4.78, 5) is 30.0. The second-order valence-corrected chi connectivity index (χ2v) is 11.0. The Morgan fingerprint density at radius 1 is 0.952 bits per heavy atom. The van der Waals surface area contributed by atoms with Crippen molar-refractivity contribution in [1.82, 2.24) is 24.2 Å². The second kappa shape index (κ2) is 11.1. The second-order valence-electron chi connectivity index (χ2n) is 11.0. The lowest BCUT2D eigenvalue weighted by Crippen LogP contribution is -2.44. The zero-order valence-electron chi connectivity index (χ0n) is 24.1. The molecule has 0 aliphatic carbocycles. The molecule has 1 saturated heterocycles. The normalized spacial score (nSPS) is 18.0. The molecule has 11 heteroatoms. The first-order valence-electron chi connectivity index (χ1n) is 14.6. The van der Waals surface area contributed by atoms with E-state index in [1.54, 1.807) is 18.0 Å². The standard InChI is InChI=1S/C31H36N8O3/c1-35-13-15-37(16-14-35)25-9-7-22(19-28(25)41-2)33-31-32-21-24-29(34-31)39-23-8-10-27-26(20-23)36(17-18-42-27)11-5-3-4-6-12-38(39)30(24)40/h4,6-10,19-21H,3,5,11-18H2,1-2H3,(H,32,33,34)/b6-4-. The quantitative estimate of drug-likeness (QED) is 0.371. The number of allylic oxidation sites excluding steroid dienone is 2. The molecule has 5 heterocycles. The molecule has 218 valence electrons. The number of hydrogen-bond donors (Lipinski definition) is 1. The molecule has 0 spiro atoms. The summed E-state index contributed by atoms with van der Waals surface area (Å²) in [6.45, 7) is 6.85. The van der Waals surface area contributed by atoms with Gasteiger partial charge < -0.3 is 29.5 Å². The van der Waals surface area contributed by atoms with E-state index in [-0.39, 0.29) is 5.56 Å². The van der Waals surface area contributed by atoms with Crippen LogP contribution in [-0.2, 0) is 6.54 Å². The van der Waals surface area contributed by atoms with Gasteiger partial charge in [0.2, 0.25) is 5.95 Å². The van der Waals surface area contributed by atoms with Gasteiger partial charge in [0.25, 0.3) is 5.56 Å². The third-order valence-electron chi connectivity index (χ3n) is 8.35. The number of ether oxygens (including phenoxy) is 2. The van der Waals surface area contributed by atoms with Crippen molar-refractivity contribution in [2.75, 3.05) is 75.1 Å². The molecule has 11 nitrogen and oxygen atoms in total. The van der Waals surface area contributed by atoms with E-state index in [4.69, 9.17) is 14.5 Å². The van der Waals surface area contributed by atoms with Gasteiger partial charge in [0.1, 0.15) is 23.5 Å². The van der Waals surface area contributed by atoms with Crippen LogP contribution >= 0.6 is 0 Å². The van der Waals surface area contributed by atoms with Gasteiger partial charge in [-0.2, -0.15) is 4.98 Å². The van der Waals surface area contributed by atoms with Crippen molar-refractivity contribution in [1.29, 1.82) is 0 Å². The van der Waals surface area contributed by atoms with Crippen LogP contribution in [0.3, 0.4) is 0 Å². The van der Waals surface area contributed by atoms with Gasteiger partial charge in [-0.05, 0) is 50.2 Å². The highest BCUT2D eigenvalue weighted by atomic mass is 16.5. The van der Waals surface area contributed by atoms with Crippen molar-refractivity contribution in [3.63, 3.8) is 0 Å². The molecule has 0 amide bonds. The fourth-order valence-electron chi connectivity index (χ4n) is 6.03. The van der Waals surface area contributed by atoms with E-state index in [9.17, 15) is 4.79 Å². The Labute approximate surface area is 244 Å². The highest BCUT2D eigenvalue weighted by molar-refractivity contribution is 5.78. The van der Waals surface area contributed by atoms with E-state index in [2.05, 4.69) is 56.3 Å². The summed E-state index contributed by atoms with van der Waals surface area (Å²) in [5, 5.41) is 3.81. The van der Waals surface area contributed by atoms with Crippen LogP contribution in [0.2, 0.25) is 0 Å². The van der Waals surface area contributed by atoms with Gasteiger partial charge in [-0.25, -0.2) is 14.3 Å². The number of anilines is 4. The summed E-state index contributed by atoms with van der Waals surface area (Å²) in [6.07, 6.45) is 7.83. The highest BCUT2D eigenvalue weighted by Gasteiger charge is 2.23. The van der Waals surface area contributed by atoms with Crippen LogP contribution in [-0.4, -0.2) is 84.3 Å². The zero-order valence-corrected chi connectivity index (χ0v) is 24.1. The fourth-order valence-corrected chi connectivity index (χ4v) is 6.03. The monoisotopic (exact) mass is 568 g/mol. The molecule has 2 bridgehead atoms. The van der Waals surface area contributed by atoms with Crippen molar-refractivity contribution in [3.05, 3.63) is 65.1 Å². The van der Waals surface area contributed by atoms with E-state index in [1.807, 2.05) is 28.9 Å². The van der Waals surface area contributed by atoms with E-state index < -0.39 is 0 Å². The average molecular weight is 569 g/mol. The number of piperazine rings is 1. The smallest absolute Gasteiger partial charge is 0.278 e. The Balaban J connectivity index is 1.27. The number of aromatic nitrogens is 4. The average Bonchev–Trinajstić information content (AvgIpc) is 3.28. The van der Waals surface area contributed by atoms with Crippen LogP contribution in [0, 0.1) is 0 Å². The molecular weight excluding hydrogens is 532 g/mol. The van der Waals surface area contributed by atoms with Crippen molar-refractivity contribution in [2.24, 2.45) is 0 Å². The molecule has 2 aromatic heterocycles. The van der Waals surface area contributed by atoms with Gasteiger partial charge in [-0.3, -0.25) is 4.79 Å². The molecule has 0 radical (unpaired) electrons. The van der Waals surface area contributed by atoms with Crippen LogP contribution in [0.15, 0.2) is 59.5 Å². The van der Waals surface area contributed by atoms with Crippen molar-refractivity contribution >= 4 is 34.0 Å². The molecule has 4 aromatic rings. The number of likely N-dealkylation sites (N-methyl/N-ethyl adjacent to an activating group) is 1. The molecule has 2 aromatic carbocycles. The maximum absolute atomic E-state index is 13.6. The Bertz CT molecular complexity index is 1700. The number of hydrogen-bond acceptors (Lipinski definition) is 9. The summed E-state index contributed by atoms with van der Waals surface area (Å²) < 4.78 is 15.4. The Kier molecular flexibility index (Phi) is 6.94. The predicted molar refractivity (Wildman–Crippen MR) is 165 cm³/mol. The first-order valence-corrected chi connectivity index (χ1v) is 14.6. The van der Waals surface area contributed by atoms with E-state index in [0.717, 1.165) is 86.4 Å². The summed E-state index contributed by atoms with van der Waals surface area (Å²) in [5.74, 6) is 2.07. The summed E-state index contributed by atoms with van der Waals surface area (Å²) in [6, 6.07) is 12.2. The van der Waals surface area contributed by atoms with E-state index in [1.165, 1.54) is 0 Å². The molecule has 1 fully saturated rings. The molecule has 0 atom stereocenters. The number of fused-ring (bicyclic) bond motifs is 5. The molecule has 3 aliphatic rings. The molecule has 3 aliphatic heterocycles. The van der Waals surface area contributed by atoms with Crippen LogP contribution in [0.4, 0.5) is 23.0 Å². The number of nitrogens with one attached hydrogen (secondary N) is 1. The van der Waals surface area contributed by atoms with Crippen molar-refractivity contribution in [2.45, 2.75) is 19.4 Å². The van der Waals surface area contributed by atoms with E-state index >= 15 is 0 Å². The van der Waals surface area contributed by atoms with Gasteiger partial charge in [-0.1, -0.05) is 12.2 Å². The third kappa shape index (κ3) is 4.83. The maximum atomic E-state index is 13.6. The first kappa shape index (κ1) is 26.4. The van der Waals surface area contributed by atoms with Gasteiger partial charge in [0, 0.05) is 50.7 Å². The lowest BCUT2D eigenvalue weighted by molar-refractivity contribution is 0.307. The summed E-state index contributed by atoms with van der Waals surface area (Å²) in [5.41, 5.74) is 4.21. The third-order valence-corrected chi connectivity index (χ3v) is 8.35. The molecular formula is C31H36N8O3. The van der Waals surface area contributed by atoms with Crippen LogP contribution in [0.25, 0.3) is 16.7 Å². The Hall–Kier alpha value is -4.51.